The lowest BCUT2D eigenvalue weighted by atomic mass is 9.91. The van der Waals surface area contributed by atoms with Gasteiger partial charge in [-0.1, -0.05) is 13.8 Å². The number of rotatable bonds is 5. The van der Waals surface area contributed by atoms with Crippen LogP contribution in [0.2, 0.25) is 0 Å². The Bertz CT molecular complexity index is 200. The summed E-state index contributed by atoms with van der Waals surface area (Å²) < 4.78 is 0. The number of amides is 1. The minimum atomic E-state index is -0.611. The van der Waals surface area contributed by atoms with Crippen LogP contribution >= 0.6 is 0 Å². The highest BCUT2D eigenvalue weighted by Crippen LogP contribution is 2.23. The first-order valence-corrected chi connectivity index (χ1v) is 5.32. The van der Waals surface area contributed by atoms with Gasteiger partial charge in [-0.25, -0.2) is 0 Å². The van der Waals surface area contributed by atoms with Crippen LogP contribution in [0.5, 0.6) is 0 Å². The number of nitrogens with one attached hydrogen (secondary N) is 1. The molecule has 0 spiro atoms. The maximum atomic E-state index is 11.5. The molecule has 0 aliphatic carbocycles. The number of carbonyl (C=O) groups is 1. The monoisotopic (exact) mass is 200 g/mol. The third kappa shape index (κ3) is 2.69. The highest BCUT2D eigenvalue weighted by Gasteiger charge is 2.41. The molecule has 4 nitrogen and oxygen atoms in total. The molecule has 0 bridgehead atoms. The Kier molecular flexibility index (Phi) is 3.89. The van der Waals surface area contributed by atoms with Crippen molar-refractivity contribution in [3.63, 3.8) is 0 Å². The molecule has 0 aromatic heterocycles. The van der Waals surface area contributed by atoms with Gasteiger partial charge in [0.05, 0.1) is 25.2 Å². The molecule has 1 rings (SSSR count). The second kappa shape index (κ2) is 4.75. The van der Waals surface area contributed by atoms with Gasteiger partial charge < -0.3 is 15.3 Å². The molecule has 0 aromatic carbocycles. The predicted molar refractivity (Wildman–Crippen MR) is 55.0 cm³/mol. The fourth-order valence-corrected chi connectivity index (χ4v) is 1.55. The Morgan fingerprint density at radius 1 is 1.50 bits per heavy atom. The Morgan fingerprint density at radius 3 is 2.64 bits per heavy atom. The lowest BCUT2D eigenvalue weighted by Crippen LogP contribution is -2.64. The Labute approximate surface area is 85.3 Å². The number of hydrogen-bond acceptors (Lipinski definition) is 3. The number of likely N-dealkylation sites (tertiary alicyclic amines) is 1. The summed E-state index contributed by atoms with van der Waals surface area (Å²) in [6.07, 6.45) is 1.76. The predicted octanol–water partition coefficient (Wildman–Crippen LogP) is -0.0307. The SMILES string of the molecule is CCCNCC(=O)N1CC(O)(CC)C1. The van der Waals surface area contributed by atoms with Crippen LogP contribution in [-0.2, 0) is 4.79 Å². The van der Waals surface area contributed by atoms with Crippen LogP contribution in [0.25, 0.3) is 0 Å². The highest BCUT2D eigenvalue weighted by molar-refractivity contribution is 5.79. The third-order valence-electron chi connectivity index (χ3n) is 2.68. The van der Waals surface area contributed by atoms with E-state index in [1.54, 1.807) is 4.90 Å². The number of aliphatic hydroxyl groups is 1. The second-order valence-corrected chi connectivity index (χ2v) is 4.00. The van der Waals surface area contributed by atoms with E-state index in [-0.39, 0.29) is 5.91 Å². The van der Waals surface area contributed by atoms with Gasteiger partial charge in [0.2, 0.25) is 5.91 Å². The van der Waals surface area contributed by atoms with E-state index < -0.39 is 5.60 Å². The first-order valence-electron chi connectivity index (χ1n) is 5.32. The minimum absolute atomic E-state index is 0.0941. The van der Waals surface area contributed by atoms with E-state index in [9.17, 15) is 9.90 Å². The van der Waals surface area contributed by atoms with Crippen molar-refractivity contribution in [2.24, 2.45) is 0 Å². The maximum Gasteiger partial charge on any atom is 0.236 e. The van der Waals surface area contributed by atoms with Crippen molar-refractivity contribution in [3.8, 4) is 0 Å². The van der Waals surface area contributed by atoms with Gasteiger partial charge in [0.15, 0.2) is 0 Å². The first-order chi connectivity index (χ1) is 6.61. The van der Waals surface area contributed by atoms with Crippen LogP contribution in [0.4, 0.5) is 0 Å². The molecular weight excluding hydrogens is 180 g/mol. The van der Waals surface area contributed by atoms with Crippen LogP contribution in [0, 0.1) is 0 Å². The zero-order valence-corrected chi connectivity index (χ0v) is 9.05. The molecule has 1 amide bonds. The topological polar surface area (TPSA) is 52.6 Å². The fourth-order valence-electron chi connectivity index (χ4n) is 1.55. The molecule has 0 aromatic rings. The van der Waals surface area contributed by atoms with Gasteiger partial charge in [-0.3, -0.25) is 4.79 Å². The van der Waals surface area contributed by atoms with E-state index in [4.69, 9.17) is 0 Å². The van der Waals surface area contributed by atoms with E-state index in [1.807, 2.05) is 6.92 Å². The number of nitrogens with zero attached hydrogens (tertiary/aromatic N) is 1. The Balaban J connectivity index is 2.16. The molecule has 1 saturated heterocycles. The molecular formula is C10H20N2O2. The van der Waals surface area contributed by atoms with Crippen LogP contribution in [-0.4, -0.2) is 47.7 Å². The minimum Gasteiger partial charge on any atom is -0.386 e. The standard InChI is InChI=1S/C10H20N2O2/c1-3-5-11-6-9(13)12-7-10(14,4-2)8-12/h11,14H,3-8H2,1-2H3. The van der Waals surface area contributed by atoms with Crippen molar-refractivity contribution in [1.82, 2.24) is 10.2 Å². The zero-order chi connectivity index (χ0) is 10.6. The molecule has 82 valence electrons. The van der Waals surface area contributed by atoms with Crippen LogP contribution in [0.3, 0.4) is 0 Å². The summed E-state index contributed by atoms with van der Waals surface area (Å²) in [6.45, 7) is 6.27. The molecule has 0 unspecified atom stereocenters. The van der Waals surface area contributed by atoms with Crippen molar-refractivity contribution < 1.29 is 9.90 Å². The van der Waals surface area contributed by atoms with Crippen molar-refractivity contribution in [3.05, 3.63) is 0 Å². The number of hydrogen-bond donors (Lipinski definition) is 2. The van der Waals surface area contributed by atoms with Gasteiger partial charge in [0.25, 0.3) is 0 Å². The van der Waals surface area contributed by atoms with Crippen LogP contribution in [0.1, 0.15) is 26.7 Å². The summed E-state index contributed by atoms with van der Waals surface area (Å²) in [7, 11) is 0. The fraction of sp³-hybridized carbons (Fsp3) is 0.900. The van der Waals surface area contributed by atoms with Gasteiger partial charge in [0.1, 0.15) is 0 Å². The van der Waals surface area contributed by atoms with Crippen molar-refractivity contribution in [1.29, 1.82) is 0 Å². The molecule has 2 N–H and O–H groups in total. The van der Waals surface area contributed by atoms with Gasteiger partial charge in [0, 0.05) is 0 Å². The van der Waals surface area contributed by atoms with Crippen molar-refractivity contribution >= 4 is 5.91 Å². The van der Waals surface area contributed by atoms with Gasteiger partial charge in [-0.2, -0.15) is 0 Å². The number of β-amino-alcohol motifs (C(OH)–C–C–N with tert-alkyl or cyclic N) is 1. The summed E-state index contributed by atoms with van der Waals surface area (Å²) in [4.78, 5) is 13.2. The molecule has 1 aliphatic heterocycles. The summed E-state index contributed by atoms with van der Waals surface area (Å²) in [5.74, 6) is 0.0941. The molecule has 1 fully saturated rings. The van der Waals surface area contributed by atoms with Crippen molar-refractivity contribution in [2.45, 2.75) is 32.3 Å². The number of carbonyl (C=O) groups excluding carboxylic acids is 1. The van der Waals surface area contributed by atoms with E-state index in [0.717, 1.165) is 19.4 Å². The van der Waals surface area contributed by atoms with E-state index in [1.165, 1.54) is 0 Å². The normalized spacial score (nSPS) is 19.2. The van der Waals surface area contributed by atoms with Gasteiger partial charge in [-0.15, -0.1) is 0 Å². The van der Waals surface area contributed by atoms with Crippen LogP contribution < -0.4 is 5.32 Å². The van der Waals surface area contributed by atoms with Gasteiger partial charge in [-0.05, 0) is 19.4 Å². The average Bonchev–Trinajstić information content (AvgIpc) is 2.13. The molecule has 14 heavy (non-hydrogen) atoms. The maximum absolute atomic E-state index is 11.5. The second-order valence-electron chi connectivity index (χ2n) is 4.00. The molecule has 4 heteroatoms. The largest absolute Gasteiger partial charge is 0.386 e. The molecule has 0 saturated carbocycles. The van der Waals surface area contributed by atoms with E-state index >= 15 is 0 Å². The zero-order valence-electron chi connectivity index (χ0n) is 9.05. The molecule has 1 aliphatic rings. The summed E-state index contributed by atoms with van der Waals surface area (Å²) in [6, 6.07) is 0. The Hall–Kier alpha value is -0.610. The third-order valence-corrected chi connectivity index (χ3v) is 2.68. The lowest BCUT2D eigenvalue weighted by Gasteiger charge is -2.46. The van der Waals surface area contributed by atoms with Gasteiger partial charge >= 0.3 is 0 Å². The quantitative estimate of drug-likeness (QED) is 0.613. The lowest BCUT2D eigenvalue weighted by molar-refractivity contribution is -0.154. The van der Waals surface area contributed by atoms with Crippen LogP contribution in [0.15, 0.2) is 0 Å². The van der Waals surface area contributed by atoms with Crippen molar-refractivity contribution in [2.75, 3.05) is 26.2 Å². The molecule has 1 heterocycles. The van der Waals surface area contributed by atoms with E-state index in [0.29, 0.717) is 19.6 Å². The smallest absolute Gasteiger partial charge is 0.236 e. The molecule has 0 atom stereocenters. The van der Waals surface area contributed by atoms with E-state index in [2.05, 4.69) is 12.2 Å². The molecule has 0 radical (unpaired) electrons. The first kappa shape index (κ1) is 11.5. The summed E-state index contributed by atoms with van der Waals surface area (Å²) in [5, 5.41) is 12.8. The summed E-state index contributed by atoms with van der Waals surface area (Å²) >= 11 is 0. The Morgan fingerprint density at radius 2 is 2.14 bits per heavy atom. The highest BCUT2D eigenvalue weighted by atomic mass is 16.3. The summed E-state index contributed by atoms with van der Waals surface area (Å²) in [5.41, 5.74) is -0.611. The average molecular weight is 200 g/mol.